The number of hydrogen-bond acceptors (Lipinski definition) is 3. The monoisotopic (exact) mass is 249 g/mol. The minimum Gasteiger partial charge on any atom is -0.465 e. The van der Waals surface area contributed by atoms with Crippen LogP contribution in [0.2, 0.25) is 0 Å². The van der Waals surface area contributed by atoms with Crippen LogP contribution in [-0.4, -0.2) is 41.8 Å². The molecule has 0 radical (unpaired) electrons. The third-order valence-electron chi connectivity index (χ3n) is 3.02. The lowest BCUT2D eigenvalue weighted by atomic mass is 9.91. The van der Waals surface area contributed by atoms with E-state index in [9.17, 15) is 9.59 Å². The zero-order chi connectivity index (χ0) is 13.1. The largest absolute Gasteiger partial charge is 0.465 e. The highest BCUT2D eigenvalue weighted by Crippen LogP contribution is 2.27. The summed E-state index contributed by atoms with van der Waals surface area (Å²) in [5.74, 6) is -0.163. The third kappa shape index (κ3) is 2.45. The molecule has 0 bridgehead atoms. The van der Waals surface area contributed by atoms with Gasteiger partial charge in [-0.2, -0.15) is 0 Å². The number of nitrogens with zero attached hydrogens (tertiary/aromatic N) is 1. The number of amides is 1. The van der Waals surface area contributed by atoms with Crippen LogP contribution in [0.5, 0.6) is 0 Å². The Morgan fingerprint density at radius 1 is 1.44 bits per heavy atom. The average molecular weight is 249 g/mol. The van der Waals surface area contributed by atoms with Crippen LogP contribution in [0.4, 0.5) is 4.79 Å². The third-order valence-corrected chi connectivity index (χ3v) is 3.02. The van der Waals surface area contributed by atoms with Gasteiger partial charge in [-0.15, -0.1) is 0 Å². The maximum absolute atomic E-state index is 11.6. The van der Waals surface area contributed by atoms with Crippen molar-refractivity contribution in [3.63, 3.8) is 0 Å². The number of hydrogen-bond donors (Lipinski definition) is 1. The highest BCUT2D eigenvalue weighted by molar-refractivity contribution is 5.89. The molecule has 0 saturated carbocycles. The maximum atomic E-state index is 11.6. The van der Waals surface area contributed by atoms with E-state index in [1.165, 1.54) is 4.90 Å². The first-order valence-corrected chi connectivity index (χ1v) is 5.86. The predicted molar refractivity (Wildman–Crippen MR) is 64.7 cm³/mol. The van der Waals surface area contributed by atoms with Gasteiger partial charge in [0.1, 0.15) is 0 Å². The van der Waals surface area contributed by atoms with Gasteiger partial charge in [-0.1, -0.05) is 12.1 Å². The molecule has 1 aromatic carbocycles. The molecule has 96 valence electrons. The zero-order valence-electron chi connectivity index (χ0n) is 10.1. The van der Waals surface area contributed by atoms with Gasteiger partial charge >= 0.3 is 12.1 Å². The molecule has 0 unspecified atom stereocenters. The molecule has 1 N–H and O–H groups in total. The van der Waals surface area contributed by atoms with E-state index < -0.39 is 6.09 Å². The highest BCUT2D eigenvalue weighted by atomic mass is 16.5. The van der Waals surface area contributed by atoms with Crippen molar-refractivity contribution in [1.82, 2.24) is 4.90 Å². The summed E-state index contributed by atoms with van der Waals surface area (Å²) in [5, 5.41) is 8.76. The molecule has 1 aliphatic heterocycles. The highest BCUT2D eigenvalue weighted by Gasteiger charge is 2.31. The molecule has 0 aliphatic carbocycles. The van der Waals surface area contributed by atoms with Crippen molar-refractivity contribution in [2.45, 2.75) is 12.8 Å². The Balaban J connectivity index is 2.05. The molecule has 0 atom stereocenters. The molecule has 1 aromatic rings. The second-order valence-electron chi connectivity index (χ2n) is 4.23. The van der Waals surface area contributed by atoms with Gasteiger partial charge in [0.15, 0.2) is 0 Å². The Morgan fingerprint density at radius 3 is 2.78 bits per heavy atom. The second kappa shape index (κ2) is 5.08. The fourth-order valence-corrected chi connectivity index (χ4v) is 1.98. The lowest BCUT2D eigenvalue weighted by Gasteiger charge is -2.37. The Kier molecular flexibility index (Phi) is 3.50. The van der Waals surface area contributed by atoms with Crippen molar-refractivity contribution in [2.24, 2.45) is 0 Å². The van der Waals surface area contributed by atoms with Crippen LogP contribution >= 0.6 is 0 Å². The van der Waals surface area contributed by atoms with Gasteiger partial charge < -0.3 is 14.7 Å². The molecule has 5 heteroatoms. The zero-order valence-corrected chi connectivity index (χ0v) is 10.1. The Bertz CT molecular complexity index is 466. The first-order chi connectivity index (χ1) is 8.61. The summed E-state index contributed by atoms with van der Waals surface area (Å²) in [6.07, 6.45) is -0.896. The molecule has 2 rings (SSSR count). The van der Waals surface area contributed by atoms with Crippen molar-refractivity contribution in [2.75, 3.05) is 19.7 Å². The molecule has 18 heavy (non-hydrogen) atoms. The van der Waals surface area contributed by atoms with Crippen molar-refractivity contribution in [1.29, 1.82) is 0 Å². The van der Waals surface area contributed by atoms with Gasteiger partial charge in [-0.25, -0.2) is 9.59 Å². The molecular formula is C13H15NO4. The average Bonchev–Trinajstić information content (AvgIpc) is 2.27. The van der Waals surface area contributed by atoms with Gasteiger partial charge in [0, 0.05) is 19.0 Å². The van der Waals surface area contributed by atoms with E-state index in [1.807, 2.05) is 6.07 Å². The van der Waals surface area contributed by atoms with E-state index in [4.69, 9.17) is 9.84 Å². The van der Waals surface area contributed by atoms with E-state index in [0.29, 0.717) is 25.3 Å². The van der Waals surface area contributed by atoms with Crippen LogP contribution in [-0.2, 0) is 4.74 Å². The molecule has 5 nitrogen and oxygen atoms in total. The van der Waals surface area contributed by atoms with Crippen molar-refractivity contribution < 1.29 is 19.4 Å². The van der Waals surface area contributed by atoms with Crippen molar-refractivity contribution in [3.8, 4) is 0 Å². The maximum Gasteiger partial charge on any atom is 0.407 e. The molecular weight excluding hydrogens is 234 g/mol. The molecule has 1 heterocycles. The standard InChI is InChI=1S/C13H15NO4/c1-2-18-12(15)10-5-3-4-9(6-10)11-7-14(8-11)13(16)17/h3-6,11H,2,7-8H2,1H3,(H,16,17). The van der Waals surface area contributed by atoms with Gasteiger partial charge in [0.2, 0.25) is 0 Å². The predicted octanol–water partition coefficient (Wildman–Crippen LogP) is 1.94. The summed E-state index contributed by atoms with van der Waals surface area (Å²) < 4.78 is 4.93. The number of rotatable bonds is 3. The van der Waals surface area contributed by atoms with Crippen molar-refractivity contribution >= 4 is 12.1 Å². The van der Waals surface area contributed by atoms with Crippen LogP contribution in [0.15, 0.2) is 24.3 Å². The quantitative estimate of drug-likeness (QED) is 0.831. The smallest absolute Gasteiger partial charge is 0.407 e. The topological polar surface area (TPSA) is 66.8 Å². The van der Waals surface area contributed by atoms with Gasteiger partial charge in [-0.05, 0) is 24.6 Å². The van der Waals surface area contributed by atoms with Gasteiger partial charge in [0.25, 0.3) is 0 Å². The van der Waals surface area contributed by atoms with E-state index in [0.717, 1.165) is 5.56 Å². The summed E-state index contributed by atoms with van der Waals surface area (Å²) in [7, 11) is 0. The lowest BCUT2D eigenvalue weighted by Crippen LogP contribution is -2.47. The number of esters is 1. The number of carbonyl (C=O) groups excluding carboxylic acids is 1. The summed E-state index contributed by atoms with van der Waals surface area (Å²) in [5.41, 5.74) is 1.50. The van der Waals surface area contributed by atoms with E-state index >= 15 is 0 Å². The van der Waals surface area contributed by atoms with Crippen LogP contribution in [0, 0.1) is 0 Å². The van der Waals surface area contributed by atoms with E-state index in [-0.39, 0.29) is 11.9 Å². The molecule has 1 saturated heterocycles. The summed E-state index contributed by atoms with van der Waals surface area (Å²) in [6, 6.07) is 7.19. The Labute approximate surface area is 105 Å². The van der Waals surface area contributed by atoms with Crippen LogP contribution in [0.3, 0.4) is 0 Å². The summed E-state index contributed by atoms with van der Waals surface area (Å²) in [6.45, 7) is 3.08. The van der Waals surface area contributed by atoms with Gasteiger partial charge in [0.05, 0.1) is 12.2 Å². The summed E-state index contributed by atoms with van der Waals surface area (Å²) >= 11 is 0. The lowest BCUT2D eigenvalue weighted by molar-refractivity contribution is 0.0525. The Hall–Kier alpha value is -2.04. The molecule has 1 aliphatic rings. The van der Waals surface area contributed by atoms with E-state index in [1.54, 1.807) is 25.1 Å². The SMILES string of the molecule is CCOC(=O)c1cccc(C2CN(C(=O)O)C2)c1. The van der Waals surface area contributed by atoms with Crippen LogP contribution in [0.1, 0.15) is 28.8 Å². The number of carbonyl (C=O) groups is 2. The minimum absolute atomic E-state index is 0.176. The molecule has 0 spiro atoms. The first kappa shape index (κ1) is 12.4. The van der Waals surface area contributed by atoms with Crippen molar-refractivity contribution in [3.05, 3.63) is 35.4 Å². The normalized spacial score (nSPS) is 15.1. The Morgan fingerprint density at radius 2 is 2.17 bits per heavy atom. The number of ether oxygens (including phenoxy) is 1. The second-order valence-corrected chi connectivity index (χ2v) is 4.23. The molecule has 0 aromatic heterocycles. The molecule has 1 fully saturated rings. The number of carboxylic acid groups (broad SMARTS) is 1. The fraction of sp³-hybridized carbons (Fsp3) is 0.385. The molecule has 1 amide bonds. The van der Waals surface area contributed by atoms with Crippen LogP contribution < -0.4 is 0 Å². The minimum atomic E-state index is -0.896. The van der Waals surface area contributed by atoms with Crippen LogP contribution in [0.25, 0.3) is 0 Å². The summed E-state index contributed by atoms with van der Waals surface area (Å²) in [4.78, 5) is 23.6. The first-order valence-electron chi connectivity index (χ1n) is 5.86. The fourth-order valence-electron chi connectivity index (χ4n) is 1.98. The number of likely N-dealkylation sites (tertiary alicyclic amines) is 1. The van der Waals surface area contributed by atoms with E-state index in [2.05, 4.69) is 0 Å². The van der Waals surface area contributed by atoms with Gasteiger partial charge in [-0.3, -0.25) is 0 Å². The number of benzene rings is 1.